The summed E-state index contributed by atoms with van der Waals surface area (Å²) in [5.41, 5.74) is 5.48. The van der Waals surface area contributed by atoms with Gasteiger partial charge < -0.3 is 11.1 Å². The van der Waals surface area contributed by atoms with E-state index < -0.39 is 0 Å². The molecule has 0 aliphatic heterocycles. The minimum Gasteiger partial charge on any atom is -0.369 e. The zero-order chi connectivity index (χ0) is 10.6. The van der Waals surface area contributed by atoms with Crippen LogP contribution in [0.25, 0.3) is 0 Å². The van der Waals surface area contributed by atoms with Crippen molar-refractivity contribution in [1.29, 1.82) is 0 Å². The average molecular weight is 259 g/mol. The number of anilines is 2. The van der Waals surface area contributed by atoms with E-state index in [0.717, 1.165) is 23.3 Å². The van der Waals surface area contributed by atoms with E-state index in [1.807, 2.05) is 0 Å². The molecule has 0 radical (unpaired) electrons. The van der Waals surface area contributed by atoms with Gasteiger partial charge in [-0.3, -0.25) is 0 Å². The van der Waals surface area contributed by atoms with E-state index in [9.17, 15) is 0 Å². The number of nitrogens with one attached hydrogen (secondary N) is 1. The van der Waals surface area contributed by atoms with Gasteiger partial charge in [-0.05, 0) is 21.8 Å². The highest BCUT2D eigenvalue weighted by Gasteiger charge is 2.04. The number of nitrogens with two attached hydrogens (primary N) is 1. The summed E-state index contributed by atoms with van der Waals surface area (Å²) in [6.07, 6.45) is 2.80. The van der Waals surface area contributed by atoms with Crippen LogP contribution in [0.1, 0.15) is 20.3 Å². The summed E-state index contributed by atoms with van der Waals surface area (Å²) < 4.78 is 0.843. The summed E-state index contributed by atoms with van der Waals surface area (Å²) >= 11 is 3.36. The smallest absolute Gasteiger partial charge is 0.221 e. The van der Waals surface area contributed by atoms with Gasteiger partial charge in [0.2, 0.25) is 5.95 Å². The predicted octanol–water partition coefficient (Wildman–Crippen LogP) is 2.28. The summed E-state index contributed by atoms with van der Waals surface area (Å²) in [5, 5.41) is 3.23. The van der Waals surface area contributed by atoms with E-state index in [1.54, 1.807) is 6.20 Å². The summed E-state index contributed by atoms with van der Waals surface area (Å²) in [4.78, 5) is 7.95. The van der Waals surface area contributed by atoms with Crippen molar-refractivity contribution in [3.63, 3.8) is 0 Å². The van der Waals surface area contributed by atoms with Crippen molar-refractivity contribution in [3.8, 4) is 0 Å². The first-order valence-corrected chi connectivity index (χ1v) is 5.44. The van der Waals surface area contributed by atoms with Gasteiger partial charge in [0.05, 0.1) is 4.47 Å². The van der Waals surface area contributed by atoms with Gasteiger partial charge in [-0.2, -0.15) is 4.98 Å². The first kappa shape index (κ1) is 11.2. The Morgan fingerprint density at radius 1 is 1.64 bits per heavy atom. The van der Waals surface area contributed by atoms with Crippen LogP contribution in [-0.2, 0) is 0 Å². The lowest BCUT2D eigenvalue weighted by Gasteiger charge is -2.11. The highest BCUT2D eigenvalue weighted by Crippen LogP contribution is 2.19. The molecule has 0 fully saturated rings. The second-order valence-electron chi connectivity index (χ2n) is 3.32. The van der Waals surface area contributed by atoms with Gasteiger partial charge in [0.15, 0.2) is 0 Å². The Kier molecular flexibility index (Phi) is 4.13. The van der Waals surface area contributed by atoms with Gasteiger partial charge in [0, 0.05) is 12.7 Å². The molecule has 1 unspecified atom stereocenters. The second-order valence-corrected chi connectivity index (χ2v) is 4.17. The SMILES string of the molecule is CCC(C)CNc1nc(N)ncc1Br. The minimum atomic E-state index is 0.292. The van der Waals surface area contributed by atoms with Crippen molar-refractivity contribution in [3.05, 3.63) is 10.7 Å². The Balaban J connectivity index is 2.62. The number of nitrogens with zero attached hydrogens (tertiary/aromatic N) is 2. The maximum Gasteiger partial charge on any atom is 0.221 e. The van der Waals surface area contributed by atoms with Crippen molar-refractivity contribution in [2.24, 2.45) is 5.92 Å². The normalized spacial score (nSPS) is 12.5. The molecule has 0 spiro atoms. The van der Waals surface area contributed by atoms with Crippen LogP contribution in [0.2, 0.25) is 0 Å². The largest absolute Gasteiger partial charge is 0.369 e. The average Bonchev–Trinajstić information content (AvgIpc) is 2.19. The monoisotopic (exact) mass is 258 g/mol. The molecule has 0 aliphatic carbocycles. The van der Waals surface area contributed by atoms with Crippen molar-refractivity contribution < 1.29 is 0 Å². The van der Waals surface area contributed by atoms with Crippen LogP contribution in [0.3, 0.4) is 0 Å². The Labute approximate surface area is 92.5 Å². The van der Waals surface area contributed by atoms with Gasteiger partial charge in [0.25, 0.3) is 0 Å². The molecule has 0 aromatic carbocycles. The lowest BCUT2D eigenvalue weighted by Crippen LogP contribution is -2.12. The van der Waals surface area contributed by atoms with Gasteiger partial charge in [-0.15, -0.1) is 0 Å². The summed E-state index contributed by atoms with van der Waals surface area (Å²) in [7, 11) is 0. The molecule has 3 N–H and O–H groups in total. The van der Waals surface area contributed by atoms with Crippen LogP contribution >= 0.6 is 15.9 Å². The maximum atomic E-state index is 5.48. The zero-order valence-corrected chi connectivity index (χ0v) is 10.0. The Morgan fingerprint density at radius 2 is 2.36 bits per heavy atom. The Bertz CT molecular complexity index is 303. The van der Waals surface area contributed by atoms with Crippen LogP contribution in [-0.4, -0.2) is 16.5 Å². The number of halogens is 1. The van der Waals surface area contributed by atoms with Crippen LogP contribution in [0.15, 0.2) is 10.7 Å². The summed E-state index contributed by atoms with van der Waals surface area (Å²) in [5.74, 6) is 1.68. The van der Waals surface area contributed by atoms with Crippen LogP contribution in [0.4, 0.5) is 11.8 Å². The van der Waals surface area contributed by atoms with E-state index in [0.29, 0.717) is 11.9 Å². The van der Waals surface area contributed by atoms with Gasteiger partial charge in [-0.1, -0.05) is 20.3 Å². The molecule has 1 rings (SSSR count). The van der Waals surface area contributed by atoms with Crippen molar-refractivity contribution in [2.45, 2.75) is 20.3 Å². The molecular weight excluding hydrogens is 244 g/mol. The summed E-state index contributed by atoms with van der Waals surface area (Å²) in [6, 6.07) is 0. The quantitative estimate of drug-likeness (QED) is 0.870. The Morgan fingerprint density at radius 3 is 3.00 bits per heavy atom. The molecule has 0 amide bonds. The van der Waals surface area contributed by atoms with Crippen LogP contribution in [0.5, 0.6) is 0 Å². The zero-order valence-electron chi connectivity index (χ0n) is 8.42. The fourth-order valence-electron chi connectivity index (χ4n) is 0.920. The summed E-state index contributed by atoms with van der Waals surface area (Å²) in [6.45, 7) is 5.24. The van der Waals surface area contributed by atoms with Crippen molar-refractivity contribution >= 4 is 27.7 Å². The van der Waals surface area contributed by atoms with E-state index >= 15 is 0 Å². The molecule has 1 aromatic rings. The van der Waals surface area contributed by atoms with Gasteiger partial charge >= 0.3 is 0 Å². The molecule has 0 aliphatic rings. The molecule has 4 nitrogen and oxygen atoms in total. The fourth-order valence-corrected chi connectivity index (χ4v) is 1.25. The lowest BCUT2D eigenvalue weighted by molar-refractivity contribution is 0.592. The van der Waals surface area contributed by atoms with E-state index in [-0.39, 0.29) is 0 Å². The highest BCUT2D eigenvalue weighted by atomic mass is 79.9. The fraction of sp³-hybridized carbons (Fsp3) is 0.556. The molecule has 1 atom stereocenters. The molecule has 0 bridgehead atoms. The number of rotatable bonds is 4. The topological polar surface area (TPSA) is 63.8 Å². The number of nitrogen functional groups attached to an aromatic ring is 1. The predicted molar refractivity (Wildman–Crippen MR) is 62.1 cm³/mol. The molecule has 0 saturated carbocycles. The first-order valence-electron chi connectivity index (χ1n) is 4.65. The molecule has 0 saturated heterocycles. The van der Waals surface area contributed by atoms with Crippen LogP contribution in [0, 0.1) is 5.92 Å². The van der Waals surface area contributed by atoms with Crippen molar-refractivity contribution in [2.75, 3.05) is 17.6 Å². The van der Waals surface area contributed by atoms with Gasteiger partial charge in [0.1, 0.15) is 5.82 Å². The van der Waals surface area contributed by atoms with E-state index in [1.165, 1.54) is 0 Å². The number of aromatic nitrogens is 2. The van der Waals surface area contributed by atoms with E-state index in [4.69, 9.17) is 5.73 Å². The van der Waals surface area contributed by atoms with Gasteiger partial charge in [-0.25, -0.2) is 4.98 Å². The van der Waals surface area contributed by atoms with Crippen molar-refractivity contribution in [1.82, 2.24) is 9.97 Å². The third-order valence-electron chi connectivity index (χ3n) is 2.08. The maximum absolute atomic E-state index is 5.48. The highest BCUT2D eigenvalue weighted by molar-refractivity contribution is 9.10. The molecule has 78 valence electrons. The molecule has 1 heterocycles. The standard InChI is InChI=1S/C9H15BrN4/c1-3-6(2)4-12-8-7(10)5-13-9(11)14-8/h5-6H,3-4H2,1-2H3,(H3,11,12,13,14). The third-order valence-corrected chi connectivity index (χ3v) is 2.66. The molecule has 5 heteroatoms. The third kappa shape index (κ3) is 3.14. The van der Waals surface area contributed by atoms with E-state index in [2.05, 4.69) is 45.1 Å². The molecule has 14 heavy (non-hydrogen) atoms. The first-order chi connectivity index (χ1) is 6.63. The molecule has 1 aromatic heterocycles. The lowest BCUT2D eigenvalue weighted by atomic mass is 10.1. The molecular formula is C9H15BrN4. The second kappa shape index (κ2) is 5.14. The minimum absolute atomic E-state index is 0.292. The number of hydrogen-bond donors (Lipinski definition) is 2. The number of hydrogen-bond acceptors (Lipinski definition) is 4. The Hall–Kier alpha value is -0.840. The van der Waals surface area contributed by atoms with Crippen LogP contribution < -0.4 is 11.1 Å².